The molecule has 1 saturated heterocycles. The average molecular weight is 279 g/mol. The Labute approximate surface area is 119 Å². The lowest BCUT2D eigenvalue weighted by Crippen LogP contribution is -2.37. The van der Waals surface area contributed by atoms with E-state index in [1.54, 1.807) is 7.11 Å². The summed E-state index contributed by atoms with van der Waals surface area (Å²) in [7, 11) is 1.68. The third kappa shape index (κ3) is 3.40. The molecule has 3 nitrogen and oxygen atoms in total. The normalized spacial score (nSPS) is 18.8. The quantitative estimate of drug-likeness (QED) is 0.849. The lowest BCUT2D eigenvalue weighted by molar-refractivity contribution is 0.149. The Balaban J connectivity index is 2.03. The Hall–Kier alpha value is -1.24. The Kier molecular flexibility index (Phi) is 4.34. The highest BCUT2D eigenvalue weighted by atomic mass is 35.5. The van der Waals surface area contributed by atoms with Crippen LogP contribution < -0.4 is 4.74 Å². The summed E-state index contributed by atoms with van der Waals surface area (Å²) in [4.78, 5) is 2.35. The Morgan fingerprint density at radius 1 is 1.42 bits per heavy atom. The van der Waals surface area contributed by atoms with Gasteiger partial charge in [-0.1, -0.05) is 11.6 Å². The van der Waals surface area contributed by atoms with Crippen molar-refractivity contribution in [1.29, 1.82) is 5.26 Å². The van der Waals surface area contributed by atoms with Crippen molar-refractivity contribution in [3.63, 3.8) is 0 Å². The van der Waals surface area contributed by atoms with Crippen LogP contribution in [0.4, 0.5) is 0 Å². The van der Waals surface area contributed by atoms with Gasteiger partial charge in [0.1, 0.15) is 5.75 Å². The van der Waals surface area contributed by atoms with Crippen LogP contribution in [0.15, 0.2) is 18.2 Å². The zero-order valence-corrected chi connectivity index (χ0v) is 12.2. The fourth-order valence-electron chi connectivity index (χ4n) is 2.43. The van der Waals surface area contributed by atoms with Crippen LogP contribution in [0.1, 0.15) is 25.3 Å². The Morgan fingerprint density at radius 2 is 2.11 bits per heavy atom. The summed E-state index contributed by atoms with van der Waals surface area (Å²) in [5.74, 6) is 0.873. The van der Waals surface area contributed by atoms with E-state index >= 15 is 0 Å². The van der Waals surface area contributed by atoms with Gasteiger partial charge in [-0.3, -0.25) is 4.90 Å². The molecule has 2 rings (SSSR count). The molecule has 0 spiro atoms. The molecule has 1 aromatic carbocycles. The van der Waals surface area contributed by atoms with Gasteiger partial charge in [0.05, 0.1) is 18.6 Å². The highest BCUT2D eigenvalue weighted by Crippen LogP contribution is 2.31. The summed E-state index contributed by atoms with van der Waals surface area (Å²) < 4.78 is 5.37. The molecule has 0 saturated carbocycles. The summed E-state index contributed by atoms with van der Waals surface area (Å²) in [6.07, 6.45) is 1.85. The van der Waals surface area contributed by atoms with Crippen LogP contribution in [0.2, 0.25) is 5.02 Å². The van der Waals surface area contributed by atoms with E-state index < -0.39 is 0 Å². The topological polar surface area (TPSA) is 36.3 Å². The van der Waals surface area contributed by atoms with Crippen LogP contribution in [0.5, 0.6) is 5.75 Å². The van der Waals surface area contributed by atoms with E-state index in [-0.39, 0.29) is 5.41 Å². The van der Waals surface area contributed by atoms with Gasteiger partial charge in [-0.2, -0.15) is 5.26 Å². The minimum absolute atomic E-state index is 0.158. The molecule has 0 N–H and O–H groups in total. The maximum absolute atomic E-state index is 9.14. The number of ether oxygens (including phenoxy) is 1. The van der Waals surface area contributed by atoms with Crippen LogP contribution in [0, 0.1) is 16.7 Å². The first-order valence-corrected chi connectivity index (χ1v) is 6.90. The second-order valence-corrected chi connectivity index (χ2v) is 5.84. The highest BCUT2D eigenvalue weighted by Gasteiger charge is 2.29. The molecular formula is C15H19ClN2O. The molecule has 0 amide bonds. The second-order valence-electron chi connectivity index (χ2n) is 5.40. The van der Waals surface area contributed by atoms with Crippen molar-refractivity contribution in [2.24, 2.45) is 5.41 Å². The number of likely N-dealkylation sites (tertiary alicyclic amines) is 1. The fraction of sp³-hybridized carbons (Fsp3) is 0.533. The van der Waals surface area contributed by atoms with E-state index in [1.165, 1.54) is 0 Å². The summed E-state index contributed by atoms with van der Waals surface area (Å²) in [5, 5.41) is 9.87. The van der Waals surface area contributed by atoms with E-state index in [2.05, 4.69) is 11.0 Å². The van der Waals surface area contributed by atoms with Crippen molar-refractivity contribution in [3.05, 3.63) is 28.8 Å². The smallest absolute Gasteiger partial charge is 0.123 e. The molecule has 1 fully saturated rings. The highest BCUT2D eigenvalue weighted by molar-refractivity contribution is 6.30. The molecule has 0 aliphatic carbocycles. The van der Waals surface area contributed by atoms with Gasteiger partial charge in [0, 0.05) is 17.1 Å². The van der Waals surface area contributed by atoms with Crippen molar-refractivity contribution in [1.82, 2.24) is 4.90 Å². The monoisotopic (exact) mass is 278 g/mol. The second kappa shape index (κ2) is 5.81. The molecule has 1 aromatic rings. The molecule has 0 unspecified atom stereocenters. The minimum Gasteiger partial charge on any atom is -0.496 e. The van der Waals surface area contributed by atoms with Gasteiger partial charge in [-0.05, 0) is 51.1 Å². The number of benzene rings is 1. The first-order valence-electron chi connectivity index (χ1n) is 6.52. The van der Waals surface area contributed by atoms with Crippen LogP contribution in [0.25, 0.3) is 0 Å². The van der Waals surface area contributed by atoms with Crippen LogP contribution in [0.3, 0.4) is 0 Å². The van der Waals surface area contributed by atoms with E-state index in [1.807, 2.05) is 25.1 Å². The van der Waals surface area contributed by atoms with Gasteiger partial charge in [-0.25, -0.2) is 0 Å². The number of hydrogen-bond acceptors (Lipinski definition) is 3. The first kappa shape index (κ1) is 14.2. The molecule has 4 heteroatoms. The zero-order chi connectivity index (χ0) is 13.9. The van der Waals surface area contributed by atoms with Crippen LogP contribution in [-0.2, 0) is 6.54 Å². The summed E-state index contributed by atoms with van der Waals surface area (Å²) in [5.41, 5.74) is 0.949. The summed E-state index contributed by atoms with van der Waals surface area (Å²) >= 11 is 6.04. The van der Waals surface area contributed by atoms with Gasteiger partial charge in [0.15, 0.2) is 0 Å². The molecular weight excluding hydrogens is 260 g/mol. The van der Waals surface area contributed by atoms with Gasteiger partial charge in [0.25, 0.3) is 0 Å². The van der Waals surface area contributed by atoms with Crippen molar-refractivity contribution in [2.45, 2.75) is 26.3 Å². The fourth-order valence-corrected chi connectivity index (χ4v) is 2.62. The number of hydrogen-bond donors (Lipinski definition) is 0. The maximum atomic E-state index is 9.14. The van der Waals surface area contributed by atoms with Crippen LogP contribution >= 0.6 is 11.6 Å². The Bertz CT molecular complexity index is 487. The lowest BCUT2D eigenvalue weighted by Gasteiger charge is -2.35. The third-order valence-corrected chi connectivity index (χ3v) is 4.10. The van der Waals surface area contributed by atoms with E-state index in [0.717, 1.165) is 48.8 Å². The van der Waals surface area contributed by atoms with E-state index in [4.69, 9.17) is 21.6 Å². The molecule has 1 aliphatic heterocycles. The standard InChI is InChI=1S/C15H19ClN2O/c1-15(11-17)5-7-18(8-6-15)10-12-9-13(16)3-4-14(12)19-2/h3-4,9H,5-8,10H2,1-2H3. The SMILES string of the molecule is COc1ccc(Cl)cc1CN1CCC(C)(C#N)CC1. The van der Waals surface area contributed by atoms with Crippen molar-refractivity contribution in [3.8, 4) is 11.8 Å². The lowest BCUT2D eigenvalue weighted by atomic mass is 9.82. The molecule has 102 valence electrons. The van der Waals surface area contributed by atoms with Gasteiger partial charge in [0.2, 0.25) is 0 Å². The van der Waals surface area contributed by atoms with Gasteiger partial charge >= 0.3 is 0 Å². The number of halogens is 1. The van der Waals surface area contributed by atoms with Crippen molar-refractivity contribution >= 4 is 11.6 Å². The maximum Gasteiger partial charge on any atom is 0.123 e. The number of piperidine rings is 1. The van der Waals surface area contributed by atoms with Crippen molar-refractivity contribution < 1.29 is 4.74 Å². The van der Waals surface area contributed by atoms with E-state index in [0.29, 0.717) is 0 Å². The number of methoxy groups -OCH3 is 1. The molecule has 0 bridgehead atoms. The molecule has 0 aromatic heterocycles. The third-order valence-electron chi connectivity index (χ3n) is 3.87. The number of nitrogens with zero attached hydrogens (tertiary/aromatic N) is 2. The van der Waals surface area contributed by atoms with Gasteiger partial charge < -0.3 is 4.74 Å². The zero-order valence-electron chi connectivity index (χ0n) is 11.4. The van der Waals surface area contributed by atoms with Crippen LogP contribution in [-0.4, -0.2) is 25.1 Å². The molecule has 1 heterocycles. The summed E-state index contributed by atoms with van der Waals surface area (Å²) in [6, 6.07) is 8.12. The number of rotatable bonds is 3. The molecule has 19 heavy (non-hydrogen) atoms. The summed E-state index contributed by atoms with van der Waals surface area (Å²) in [6.45, 7) is 4.76. The first-order chi connectivity index (χ1) is 9.06. The molecule has 0 atom stereocenters. The average Bonchev–Trinajstić information content (AvgIpc) is 2.42. The predicted octanol–water partition coefficient (Wildman–Crippen LogP) is 3.47. The Morgan fingerprint density at radius 3 is 2.68 bits per heavy atom. The van der Waals surface area contributed by atoms with Crippen molar-refractivity contribution in [2.75, 3.05) is 20.2 Å². The predicted molar refractivity (Wildman–Crippen MR) is 76.2 cm³/mol. The number of nitriles is 1. The van der Waals surface area contributed by atoms with Gasteiger partial charge in [-0.15, -0.1) is 0 Å². The minimum atomic E-state index is -0.158. The largest absolute Gasteiger partial charge is 0.496 e. The molecule has 1 aliphatic rings. The molecule has 0 radical (unpaired) electrons. The van der Waals surface area contributed by atoms with E-state index in [9.17, 15) is 0 Å².